The maximum atomic E-state index is 12.7. The van der Waals surface area contributed by atoms with Crippen molar-refractivity contribution in [2.24, 2.45) is 5.14 Å². The largest absolute Gasteiger partial charge is 0.322 e. The van der Waals surface area contributed by atoms with Gasteiger partial charge in [-0.2, -0.15) is 5.10 Å². The summed E-state index contributed by atoms with van der Waals surface area (Å²) in [7, 11) is -3.77. The van der Waals surface area contributed by atoms with Crippen LogP contribution in [0.4, 0.5) is 5.69 Å². The van der Waals surface area contributed by atoms with Crippen molar-refractivity contribution >= 4 is 21.6 Å². The summed E-state index contributed by atoms with van der Waals surface area (Å²) < 4.78 is 24.5. The number of nitrogens with two attached hydrogens (primary N) is 1. The van der Waals surface area contributed by atoms with E-state index in [4.69, 9.17) is 5.14 Å². The van der Waals surface area contributed by atoms with Crippen LogP contribution in [0.15, 0.2) is 53.4 Å². The van der Waals surface area contributed by atoms with Gasteiger partial charge in [0.25, 0.3) is 5.91 Å². The molecule has 0 aliphatic carbocycles. The number of carbonyl (C=O) groups excluding carboxylic acids is 1. The fraction of sp³-hybridized carbons (Fsp3) is 0.200. The average molecular weight is 398 g/mol. The maximum absolute atomic E-state index is 12.7. The summed E-state index contributed by atoms with van der Waals surface area (Å²) in [6.45, 7) is 6.25. The average Bonchev–Trinajstić information content (AvgIpc) is 2.90. The second-order valence-corrected chi connectivity index (χ2v) is 8.27. The molecular formula is C20H22N4O3S. The van der Waals surface area contributed by atoms with E-state index in [1.807, 2.05) is 38.1 Å². The molecule has 28 heavy (non-hydrogen) atoms. The van der Waals surface area contributed by atoms with E-state index in [1.165, 1.54) is 29.8 Å². The van der Waals surface area contributed by atoms with E-state index in [1.54, 1.807) is 11.6 Å². The minimum absolute atomic E-state index is 0.0104. The Hall–Kier alpha value is -2.97. The number of nitrogens with zero attached hydrogens (tertiary/aromatic N) is 2. The van der Waals surface area contributed by atoms with E-state index in [-0.39, 0.29) is 10.8 Å². The molecular weight excluding hydrogens is 376 g/mol. The molecule has 0 spiro atoms. The molecule has 0 unspecified atom stereocenters. The number of hydrogen-bond donors (Lipinski definition) is 2. The van der Waals surface area contributed by atoms with E-state index in [0.29, 0.717) is 23.5 Å². The first-order valence-corrected chi connectivity index (χ1v) is 10.2. The number of primary sulfonamides is 1. The highest BCUT2D eigenvalue weighted by atomic mass is 32.2. The number of nitrogens with one attached hydrogen (secondary N) is 1. The molecule has 146 valence electrons. The van der Waals surface area contributed by atoms with Crippen molar-refractivity contribution in [3.8, 4) is 0 Å². The molecule has 0 saturated heterocycles. The molecule has 0 saturated carbocycles. The summed E-state index contributed by atoms with van der Waals surface area (Å²) in [4.78, 5) is 12.7. The molecule has 7 nitrogen and oxygen atoms in total. The van der Waals surface area contributed by atoms with Gasteiger partial charge in [0.15, 0.2) is 0 Å². The van der Waals surface area contributed by atoms with Gasteiger partial charge in [-0.25, -0.2) is 13.6 Å². The van der Waals surface area contributed by atoms with Gasteiger partial charge in [0.1, 0.15) is 0 Å². The molecule has 0 aliphatic rings. The van der Waals surface area contributed by atoms with Gasteiger partial charge in [-0.1, -0.05) is 29.8 Å². The lowest BCUT2D eigenvalue weighted by atomic mass is 10.1. The van der Waals surface area contributed by atoms with Gasteiger partial charge in [-0.3, -0.25) is 9.48 Å². The lowest BCUT2D eigenvalue weighted by molar-refractivity contribution is 0.102. The molecule has 1 heterocycles. The number of aryl methyl sites for hydroxylation is 2. The normalized spacial score (nSPS) is 11.4. The van der Waals surface area contributed by atoms with E-state index in [0.717, 1.165) is 11.3 Å². The number of sulfonamides is 1. The van der Waals surface area contributed by atoms with Crippen LogP contribution in [0.2, 0.25) is 0 Å². The Kier molecular flexibility index (Phi) is 5.35. The highest BCUT2D eigenvalue weighted by molar-refractivity contribution is 7.89. The van der Waals surface area contributed by atoms with Crippen molar-refractivity contribution in [1.29, 1.82) is 0 Å². The number of rotatable bonds is 5. The Bertz CT molecular complexity index is 1120. The summed E-state index contributed by atoms with van der Waals surface area (Å²) >= 11 is 0. The van der Waals surface area contributed by atoms with Gasteiger partial charge in [-0.15, -0.1) is 0 Å². The van der Waals surface area contributed by atoms with Crippen LogP contribution >= 0.6 is 0 Å². The fourth-order valence-corrected chi connectivity index (χ4v) is 3.48. The summed E-state index contributed by atoms with van der Waals surface area (Å²) in [5, 5.41) is 12.4. The van der Waals surface area contributed by atoms with Crippen LogP contribution in [0.5, 0.6) is 0 Å². The van der Waals surface area contributed by atoms with Crippen LogP contribution in [0.25, 0.3) is 0 Å². The van der Waals surface area contributed by atoms with Gasteiger partial charge in [0.2, 0.25) is 10.0 Å². The lowest BCUT2D eigenvalue weighted by Gasteiger charge is -2.08. The van der Waals surface area contributed by atoms with Crippen molar-refractivity contribution < 1.29 is 13.2 Å². The van der Waals surface area contributed by atoms with Gasteiger partial charge in [0, 0.05) is 11.4 Å². The summed E-state index contributed by atoms with van der Waals surface area (Å²) in [6.07, 6.45) is 0. The third kappa shape index (κ3) is 4.29. The van der Waals surface area contributed by atoms with Gasteiger partial charge >= 0.3 is 0 Å². The molecule has 2 aromatic carbocycles. The predicted octanol–water partition coefficient (Wildman–Crippen LogP) is 2.76. The SMILES string of the molecule is Cc1ccc(Cn2nc(C)c(C(=O)Nc3ccc(S(N)(=O)=O)cc3)c2C)cc1. The second kappa shape index (κ2) is 7.57. The molecule has 0 radical (unpaired) electrons. The maximum Gasteiger partial charge on any atom is 0.259 e. The molecule has 0 fully saturated rings. The summed E-state index contributed by atoms with van der Waals surface area (Å²) in [5.74, 6) is -0.298. The van der Waals surface area contributed by atoms with Crippen LogP contribution in [-0.2, 0) is 16.6 Å². The van der Waals surface area contributed by atoms with Crippen molar-refractivity contribution in [1.82, 2.24) is 9.78 Å². The molecule has 3 N–H and O–H groups in total. The molecule has 3 aromatic rings. The van der Waals surface area contributed by atoms with Crippen molar-refractivity contribution in [2.45, 2.75) is 32.2 Å². The molecule has 8 heteroatoms. The molecule has 0 aliphatic heterocycles. The molecule has 0 bridgehead atoms. The van der Waals surface area contributed by atoms with E-state index >= 15 is 0 Å². The highest BCUT2D eigenvalue weighted by Crippen LogP contribution is 2.19. The lowest BCUT2D eigenvalue weighted by Crippen LogP contribution is -2.15. The van der Waals surface area contributed by atoms with Gasteiger partial charge in [0.05, 0.1) is 22.7 Å². The Balaban J connectivity index is 1.80. The predicted molar refractivity (Wildman–Crippen MR) is 108 cm³/mol. The van der Waals surface area contributed by atoms with E-state index < -0.39 is 10.0 Å². The molecule has 1 aromatic heterocycles. The van der Waals surface area contributed by atoms with Crippen LogP contribution < -0.4 is 10.5 Å². The summed E-state index contributed by atoms with van der Waals surface area (Å²) in [5.41, 5.74) is 4.65. The molecule has 0 atom stereocenters. The topological polar surface area (TPSA) is 107 Å². The zero-order valence-corrected chi connectivity index (χ0v) is 16.7. The van der Waals surface area contributed by atoms with Gasteiger partial charge < -0.3 is 5.32 Å². The third-order valence-electron chi connectivity index (χ3n) is 4.50. The molecule has 1 amide bonds. The number of carbonyl (C=O) groups is 1. The zero-order valence-electron chi connectivity index (χ0n) is 15.9. The number of aromatic nitrogens is 2. The highest BCUT2D eigenvalue weighted by Gasteiger charge is 2.19. The van der Waals surface area contributed by atoms with Crippen LogP contribution in [0.3, 0.4) is 0 Å². The quantitative estimate of drug-likeness (QED) is 0.689. The van der Waals surface area contributed by atoms with Crippen molar-refractivity contribution in [2.75, 3.05) is 5.32 Å². The van der Waals surface area contributed by atoms with Crippen LogP contribution in [-0.4, -0.2) is 24.1 Å². The Morgan fingerprint density at radius 3 is 2.21 bits per heavy atom. The smallest absolute Gasteiger partial charge is 0.259 e. The number of amides is 1. The number of hydrogen-bond acceptors (Lipinski definition) is 4. The first-order chi connectivity index (χ1) is 13.1. The molecule has 3 rings (SSSR count). The zero-order chi connectivity index (χ0) is 20.5. The van der Waals surface area contributed by atoms with Crippen LogP contribution in [0, 0.1) is 20.8 Å². The monoisotopic (exact) mass is 398 g/mol. The van der Waals surface area contributed by atoms with Crippen molar-refractivity contribution in [3.05, 3.63) is 76.6 Å². The van der Waals surface area contributed by atoms with Crippen molar-refractivity contribution in [3.63, 3.8) is 0 Å². The Morgan fingerprint density at radius 1 is 1.04 bits per heavy atom. The van der Waals surface area contributed by atoms with E-state index in [2.05, 4.69) is 10.4 Å². The first kappa shape index (κ1) is 19.8. The van der Waals surface area contributed by atoms with Gasteiger partial charge in [-0.05, 0) is 50.6 Å². The third-order valence-corrected chi connectivity index (χ3v) is 5.43. The summed E-state index contributed by atoms with van der Waals surface area (Å²) in [6, 6.07) is 13.9. The van der Waals surface area contributed by atoms with E-state index in [9.17, 15) is 13.2 Å². The minimum Gasteiger partial charge on any atom is -0.322 e. The standard InChI is InChI=1S/C20H22N4O3S/c1-13-4-6-16(7-5-13)12-24-15(3)19(14(2)23-24)20(25)22-17-8-10-18(11-9-17)28(21,26)27/h4-11H,12H2,1-3H3,(H,22,25)(H2,21,26,27). The first-order valence-electron chi connectivity index (χ1n) is 8.69. The Labute approximate surface area is 164 Å². The Morgan fingerprint density at radius 2 is 1.64 bits per heavy atom. The number of benzene rings is 2. The van der Waals surface area contributed by atoms with Crippen LogP contribution in [0.1, 0.15) is 32.9 Å². The fourth-order valence-electron chi connectivity index (χ4n) is 2.97. The number of anilines is 1. The minimum atomic E-state index is -3.77. The second-order valence-electron chi connectivity index (χ2n) is 6.71.